The lowest BCUT2D eigenvalue weighted by Gasteiger charge is -2.29. The summed E-state index contributed by atoms with van der Waals surface area (Å²) in [5, 5.41) is 8.80. The number of morpholine rings is 1. The fourth-order valence-electron chi connectivity index (χ4n) is 3.00. The van der Waals surface area contributed by atoms with Gasteiger partial charge in [-0.1, -0.05) is 0 Å². The van der Waals surface area contributed by atoms with Crippen LogP contribution in [0.4, 0.5) is 22.7 Å². The molecule has 1 heterocycles. The number of rotatable bonds is 6. The van der Waals surface area contributed by atoms with Crippen molar-refractivity contribution in [2.24, 2.45) is 0 Å². The molecule has 148 valence electrons. The maximum Gasteiger partial charge on any atom is 0.246 e. The fraction of sp³-hybridized carbons (Fsp3) is 0.333. The van der Waals surface area contributed by atoms with Gasteiger partial charge in [0.15, 0.2) is 0 Å². The van der Waals surface area contributed by atoms with Crippen molar-refractivity contribution in [1.82, 2.24) is 0 Å². The van der Waals surface area contributed by atoms with Crippen LogP contribution >= 0.6 is 0 Å². The number of ether oxygens (including phenoxy) is 1. The Bertz CT molecular complexity index is 799. The predicted molar refractivity (Wildman–Crippen MR) is 112 cm³/mol. The summed E-state index contributed by atoms with van der Waals surface area (Å²) < 4.78 is 5.37. The minimum Gasteiger partial charge on any atom is -0.378 e. The quantitative estimate of drug-likeness (QED) is 0.716. The Kier molecular flexibility index (Phi) is 6.49. The van der Waals surface area contributed by atoms with Crippen LogP contribution in [0.5, 0.6) is 0 Å². The number of carbonyl (C=O) groups excluding carboxylic acids is 2. The van der Waals surface area contributed by atoms with Gasteiger partial charge in [0, 0.05) is 42.8 Å². The Morgan fingerprint density at radius 2 is 1.43 bits per heavy atom. The van der Waals surface area contributed by atoms with Gasteiger partial charge in [-0.3, -0.25) is 9.59 Å². The Morgan fingerprint density at radius 3 is 2.04 bits per heavy atom. The highest BCUT2D eigenvalue weighted by Gasteiger charge is 2.14. The summed E-state index contributed by atoms with van der Waals surface area (Å²) in [7, 11) is 0. The van der Waals surface area contributed by atoms with Crippen molar-refractivity contribution in [3.63, 3.8) is 0 Å². The normalized spacial score (nSPS) is 14.9. The Labute approximate surface area is 165 Å². The summed E-state index contributed by atoms with van der Waals surface area (Å²) in [6.07, 6.45) is 0. The summed E-state index contributed by atoms with van der Waals surface area (Å²) in [5.41, 5.74) is 3.42. The van der Waals surface area contributed by atoms with Crippen LogP contribution in [0.1, 0.15) is 13.8 Å². The third-order valence-electron chi connectivity index (χ3n) is 4.49. The Hall–Kier alpha value is -3.06. The summed E-state index contributed by atoms with van der Waals surface area (Å²) in [6.45, 7) is 6.52. The van der Waals surface area contributed by atoms with Crippen LogP contribution in [-0.2, 0) is 14.3 Å². The first-order valence-electron chi connectivity index (χ1n) is 9.39. The SMILES string of the molecule is CC(=O)Nc1ccc(N[C@@H](C)C(=O)Nc2ccc(N3CCOCC3)cc2)cc1. The maximum atomic E-state index is 12.5. The van der Waals surface area contributed by atoms with E-state index in [2.05, 4.69) is 20.9 Å². The lowest BCUT2D eigenvalue weighted by atomic mass is 10.2. The molecule has 0 aliphatic carbocycles. The molecule has 7 nitrogen and oxygen atoms in total. The highest BCUT2D eigenvalue weighted by atomic mass is 16.5. The van der Waals surface area contributed by atoms with Crippen LogP contribution in [-0.4, -0.2) is 44.2 Å². The molecule has 1 aliphatic heterocycles. The molecule has 0 saturated carbocycles. The van der Waals surface area contributed by atoms with E-state index < -0.39 is 6.04 Å². The van der Waals surface area contributed by atoms with E-state index in [0.717, 1.165) is 49.1 Å². The molecule has 1 saturated heterocycles. The second-order valence-corrected chi connectivity index (χ2v) is 6.76. The lowest BCUT2D eigenvalue weighted by molar-refractivity contribution is -0.116. The number of benzene rings is 2. The molecule has 3 rings (SSSR count). The topological polar surface area (TPSA) is 82.7 Å². The van der Waals surface area contributed by atoms with Crippen molar-refractivity contribution in [3.05, 3.63) is 48.5 Å². The summed E-state index contributed by atoms with van der Waals surface area (Å²) in [4.78, 5) is 25.8. The van der Waals surface area contributed by atoms with Crippen LogP contribution in [0, 0.1) is 0 Å². The molecule has 0 bridgehead atoms. The number of carbonyl (C=O) groups is 2. The van der Waals surface area contributed by atoms with E-state index in [4.69, 9.17) is 4.74 Å². The van der Waals surface area contributed by atoms with Gasteiger partial charge < -0.3 is 25.6 Å². The zero-order valence-corrected chi connectivity index (χ0v) is 16.2. The minimum atomic E-state index is -0.412. The minimum absolute atomic E-state index is 0.118. The molecular formula is C21H26N4O3. The molecule has 1 aliphatic rings. The van der Waals surface area contributed by atoms with E-state index >= 15 is 0 Å². The number of amides is 2. The van der Waals surface area contributed by atoms with Gasteiger partial charge in [-0.05, 0) is 55.5 Å². The zero-order chi connectivity index (χ0) is 19.9. The van der Waals surface area contributed by atoms with Gasteiger partial charge in [0.1, 0.15) is 6.04 Å². The predicted octanol–water partition coefficient (Wildman–Crippen LogP) is 2.92. The van der Waals surface area contributed by atoms with Crippen molar-refractivity contribution in [1.29, 1.82) is 0 Å². The first-order chi connectivity index (χ1) is 13.5. The average Bonchev–Trinajstić information content (AvgIpc) is 2.70. The van der Waals surface area contributed by atoms with E-state index in [1.54, 1.807) is 19.1 Å². The van der Waals surface area contributed by atoms with E-state index in [1.165, 1.54) is 6.92 Å². The molecule has 1 fully saturated rings. The summed E-state index contributed by atoms with van der Waals surface area (Å²) >= 11 is 0. The molecule has 7 heteroatoms. The largest absolute Gasteiger partial charge is 0.378 e. The van der Waals surface area contributed by atoms with Gasteiger partial charge in [0.25, 0.3) is 0 Å². The first kappa shape index (κ1) is 19.7. The molecule has 2 aromatic rings. The fourth-order valence-corrected chi connectivity index (χ4v) is 3.00. The Balaban J connectivity index is 1.52. The second-order valence-electron chi connectivity index (χ2n) is 6.76. The number of anilines is 4. The van der Waals surface area contributed by atoms with Gasteiger partial charge in [-0.25, -0.2) is 0 Å². The average molecular weight is 382 g/mol. The number of hydrogen-bond acceptors (Lipinski definition) is 5. The highest BCUT2D eigenvalue weighted by Crippen LogP contribution is 2.20. The summed E-state index contributed by atoms with van der Waals surface area (Å²) in [5.74, 6) is -0.238. The van der Waals surface area contributed by atoms with Crippen molar-refractivity contribution in [2.45, 2.75) is 19.9 Å². The molecule has 0 radical (unpaired) electrons. The van der Waals surface area contributed by atoms with Gasteiger partial charge in [-0.15, -0.1) is 0 Å². The smallest absolute Gasteiger partial charge is 0.246 e. The van der Waals surface area contributed by atoms with Crippen molar-refractivity contribution >= 4 is 34.6 Å². The van der Waals surface area contributed by atoms with Gasteiger partial charge >= 0.3 is 0 Å². The third-order valence-corrected chi connectivity index (χ3v) is 4.49. The Morgan fingerprint density at radius 1 is 0.893 bits per heavy atom. The van der Waals surface area contributed by atoms with E-state index in [0.29, 0.717) is 0 Å². The first-order valence-corrected chi connectivity index (χ1v) is 9.39. The summed E-state index contributed by atoms with van der Waals surface area (Å²) in [6, 6.07) is 14.7. The molecule has 1 atom stereocenters. The zero-order valence-electron chi connectivity index (χ0n) is 16.2. The molecule has 2 aromatic carbocycles. The molecule has 0 unspecified atom stereocenters. The van der Waals surface area contributed by atoms with Gasteiger partial charge in [0.2, 0.25) is 11.8 Å². The highest BCUT2D eigenvalue weighted by molar-refractivity contribution is 5.96. The van der Waals surface area contributed by atoms with Crippen molar-refractivity contribution < 1.29 is 14.3 Å². The van der Waals surface area contributed by atoms with Crippen LogP contribution in [0.3, 0.4) is 0 Å². The number of nitrogens with one attached hydrogen (secondary N) is 3. The van der Waals surface area contributed by atoms with Crippen LogP contribution < -0.4 is 20.9 Å². The number of nitrogens with zero attached hydrogens (tertiary/aromatic N) is 1. The maximum absolute atomic E-state index is 12.5. The second kappa shape index (κ2) is 9.23. The monoisotopic (exact) mass is 382 g/mol. The van der Waals surface area contributed by atoms with Crippen molar-refractivity contribution in [2.75, 3.05) is 47.2 Å². The van der Waals surface area contributed by atoms with Crippen LogP contribution in [0.2, 0.25) is 0 Å². The van der Waals surface area contributed by atoms with Gasteiger partial charge in [0.05, 0.1) is 13.2 Å². The molecular weight excluding hydrogens is 356 g/mol. The molecule has 2 amide bonds. The van der Waals surface area contributed by atoms with E-state index in [-0.39, 0.29) is 11.8 Å². The molecule has 0 aromatic heterocycles. The van der Waals surface area contributed by atoms with E-state index in [9.17, 15) is 9.59 Å². The molecule has 3 N–H and O–H groups in total. The number of hydrogen-bond donors (Lipinski definition) is 3. The van der Waals surface area contributed by atoms with Crippen LogP contribution in [0.15, 0.2) is 48.5 Å². The van der Waals surface area contributed by atoms with Crippen molar-refractivity contribution in [3.8, 4) is 0 Å². The van der Waals surface area contributed by atoms with Crippen LogP contribution in [0.25, 0.3) is 0 Å². The molecule has 0 spiro atoms. The third kappa shape index (κ3) is 5.47. The lowest BCUT2D eigenvalue weighted by Crippen LogP contribution is -2.36. The van der Waals surface area contributed by atoms with Gasteiger partial charge in [-0.2, -0.15) is 0 Å². The standard InChI is InChI=1S/C21H26N4O3/c1-15(22-17-3-5-18(6-4-17)23-16(2)26)21(27)24-19-7-9-20(10-8-19)25-11-13-28-14-12-25/h3-10,15,22H,11-14H2,1-2H3,(H,23,26)(H,24,27)/t15-/m0/s1. The molecule has 28 heavy (non-hydrogen) atoms. The van der Waals surface area contributed by atoms with E-state index in [1.807, 2.05) is 36.4 Å².